The molecule has 0 saturated heterocycles. The van der Waals surface area contributed by atoms with Gasteiger partial charge in [-0.05, 0) is 36.6 Å². The topological polar surface area (TPSA) is 84.5 Å². The van der Waals surface area contributed by atoms with Crippen LogP contribution in [0.5, 0.6) is 0 Å². The number of hydrogen-bond acceptors (Lipinski definition) is 4. The number of esters is 1. The lowest BCUT2D eigenvalue weighted by atomic mass is 10.2. The number of nitrogens with one attached hydrogen (secondary N) is 2. The fourth-order valence-electron chi connectivity index (χ4n) is 1.93. The van der Waals surface area contributed by atoms with Crippen LogP contribution in [-0.4, -0.2) is 24.4 Å². The first-order valence-corrected chi connectivity index (χ1v) is 6.80. The summed E-state index contributed by atoms with van der Waals surface area (Å²) < 4.78 is 4.94. The van der Waals surface area contributed by atoms with E-state index in [1.54, 1.807) is 24.3 Å². The highest BCUT2D eigenvalue weighted by Gasteiger charge is 2.40. The molecule has 1 aliphatic rings. The molecule has 0 unspecified atom stereocenters. The number of benzene rings is 1. The molecule has 1 aromatic rings. The third-order valence-electron chi connectivity index (χ3n) is 3.25. The van der Waals surface area contributed by atoms with Crippen LogP contribution in [0, 0.1) is 11.8 Å². The first kappa shape index (κ1) is 15.0. The van der Waals surface area contributed by atoms with Gasteiger partial charge in [0.25, 0.3) is 5.91 Å². The SMILES string of the molecule is CC(=O)Nc1ccc(NC(=O)COC(=O)[C@H]2C[C@@H]2C)cc1. The molecule has 1 fully saturated rings. The molecule has 1 saturated carbocycles. The number of ether oxygens (including phenoxy) is 1. The van der Waals surface area contributed by atoms with E-state index in [1.807, 2.05) is 6.92 Å². The van der Waals surface area contributed by atoms with Gasteiger partial charge in [-0.25, -0.2) is 0 Å². The first-order valence-electron chi connectivity index (χ1n) is 6.80. The van der Waals surface area contributed by atoms with Crippen molar-refractivity contribution in [1.82, 2.24) is 0 Å². The maximum atomic E-state index is 11.6. The van der Waals surface area contributed by atoms with Crippen LogP contribution in [0.4, 0.5) is 11.4 Å². The Morgan fingerprint density at radius 1 is 1.14 bits per heavy atom. The van der Waals surface area contributed by atoms with Crippen LogP contribution in [-0.2, 0) is 19.1 Å². The number of anilines is 2. The Labute approximate surface area is 122 Å². The summed E-state index contributed by atoms with van der Waals surface area (Å²) >= 11 is 0. The fraction of sp³-hybridized carbons (Fsp3) is 0.400. The van der Waals surface area contributed by atoms with Crippen LogP contribution in [0.2, 0.25) is 0 Å². The summed E-state index contributed by atoms with van der Waals surface area (Å²) in [6, 6.07) is 6.67. The van der Waals surface area contributed by atoms with Crippen molar-refractivity contribution in [1.29, 1.82) is 0 Å². The Balaban J connectivity index is 1.76. The second-order valence-corrected chi connectivity index (χ2v) is 5.23. The van der Waals surface area contributed by atoms with E-state index in [1.165, 1.54) is 6.92 Å². The van der Waals surface area contributed by atoms with Crippen LogP contribution in [0.3, 0.4) is 0 Å². The molecule has 6 nitrogen and oxygen atoms in total. The van der Waals surface area contributed by atoms with Crippen molar-refractivity contribution in [2.24, 2.45) is 11.8 Å². The Bertz CT molecular complexity index is 553. The van der Waals surface area contributed by atoms with E-state index in [-0.39, 0.29) is 30.3 Å². The normalized spacial score (nSPS) is 19.5. The largest absolute Gasteiger partial charge is 0.455 e. The molecule has 0 spiro atoms. The minimum absolute atomic E-state index is 0.0465. The smallest absolute Gasteiger partial charge is 0.309 e. The highest BCUT2D eigenvalue weighted by molar-refractivity contribution is 5.94. The first-order chi connectivity index (χ1) is 9.95. The number of hydrogen-bond donors (Lipinski definition) is 2. The molecule has 1 aromatic carbocycles. The molecule has 6 heteroatoms. The number of carbonyl (C=O) groups is 3. The average Bonchev–Trinajstić information content (AvgIpc) is 3.15. The van der Waals surface area contributed by atoms with Crippen molar-refractivity contribution in [2.45, 2.75) is 20.3 Å². The van der Waals surface area contributed by atoms with E-state index in [4.69, 9.17) is 4.74 Å². The van der Waals surface area contributed by atoms with Crippen molar-refractivity contribution in [2.75, 3.05) is 17.2 Å². The molecule has 1 aliphatic carbocycles. The van der Waals surface area contributed by atoms with Crippen molar-refractivity contribution >= 4 is 29.2 Å². The Kier molecular flexibility index (Phi) is 4.57. The van der Waals surface area contributed by atoms with Crippen LogP contribution >= 0.6 is 0 Å². The zero-order valence-electron chi connectivity index (χ0n) is 12.0. The van der Waals surface area contributed by atoms with Gasteiger partial charge in [0.15, 0.2) is 6.61 Å². The summed E-state index contributed by atoms with van der Waals surface area (Å²) in [5.41, 5.74) is 1.22. The van der Waals surface area contributed by atoms with Crippen LogP contribution in [0.25, 0.3) is 0 Å². The van der Waals surface area contributed by atoms with E-state index in [0.29, 0.717) is 17.3 Å². The summed E-state index contributed by atoms with van der Waals surface area (Å²) in [6.07, 6.45) is 0.838. The van der Waals surface area contributed by atoms with E-state index in [2.05, 4.69) is 10.6 Å². The summed E-state index contributed by atoms with van der Waals surface area (Å²) in [4.78, 5) is 34.0. The van der Waals surface area contributed by atoms with E-state index >= 15 is 0 Å². The molecule has 0 radical (unpaired) electrons. The van der Waals surface area contributed by atoms with E-state index < -0.39 is 0 Å². The van der Waals surface area contributed by atoms with E-state index in [9.17, 15) is 14.4 Å². The van der Waals surface area contributed by atoms with Gasteiger partial charge in [0, 0.05) is 18.3 Å². The molecular weight excluding hydrogens is 272 g/mol. The van der Waals surface area contributed by atoms with Crippen molar-refractivity contribution in [3.05, 3.63) is 24.3 Å². The summed E-state index contributed by atoms with van der Waals surface area (Å²) in [5, 5.41) is 5.25. The lowest BCUT2D eigenvalue weighted by Gasteiger charge is -2.07. The monoisotopic (exact) mass is 290 g/mol. The highest BCUT2D eigenvalue weighted by Crippen LogP contribution is 2.38. The summed E-state index contributed by atoms with van der Waals surface area (Å²) in [5.74, 6) is -0.535. The van der Waals surface area contributed by atoms with Gasteiger partial charge >= 0.3 is 5.97 Å². The predicted molar refractivity (Wildman–Crippen MR) is 77.6 cm³/mol. The highest BCUT2D eigenvalue weighted by atomic mass is 16.5. The third-order valence-corrected chi connectivity index (χ3v) is 3.25. The average molecular weight is 290 g/mol. The Hall–Kier alpha value is -2.37. The number of amides is 2. The predicted octanol–water partition coefficient (Wildman–Crippen LogP) is 1.78. The second-order valence-electron chi connectivity index (χ2n) is 5.23. The van der Waals surface area contributed by atoms with Gasteiger partial charge in [-0.15, -0.1) is 0 Å². The quantitative estimate of drug-likeness (QED) is 0.810. The lowest BCUT2D eigenvalue weighted by molar-refractivity contribution is -0.148. The minimum Gasteiger partial charge on any atom is -0.455 e. The molecular formula is C15H18N2O4. The zero-order chi connectivity index (χ0) is 15.4. The van der Waals surface area contributed by atoms with E-state index in [0.717, 1.165) is 6.42 Å². The van der Waals surface area contributed by atoms with Gasteiger partial charge in [0.05, 0.1) is 5.92 Å². The maximum absolute atomic E-state index is 11.6. The molecule has 21 heavy (non-hydrogen) atoms. The van der Waals surface area contributed by atoms with Gasteiger partial charge < -0.3 is 15.4 Å². The lowest BCUT2D eigenvalue weighted by Crippen LogP contribution is -2.21. The van der Waals surface area contributed by atoms with Gasteiger partial charge in [-0.2, -0.15) is 0 Å². The third kappa shape index (κ3) is 4.59. The molecule has 112 valence electrons. The molecule has 0 aromatic heterocycles. The molecule has 0 heterocycles. The second kappa shape index (κ2) is 6.39. The van der Waals surface area contributed by atoms with Crippen molar-refractivity contribution in [3.63, 3.8) is 0 Å². The minimum atomic E-state index is -0.385. The molecule has 2 atom stereocenters. The molecule has 2 rings (SSSR count). The molecule has 2 amide bonds. The zero-order valence-corrected chi connectivity index (χ0v) is 12.0. The van der Waals surface area contributed by atoms with Gasteiger partial charge in [0.1, 0.15) is 0 Å². The van der Waals surface area contributed by atoms with Gasteiger partial charge in [-0.3, -0.25) is 14.4 Å². The molecule has 0 bridgehead atoms. The summed E-state index contributed by atoms with van der Waals surface area (Å²) in [7, 11) is 0. The van der Waals surface area contributed by atoms with Crippen LogP contribution in [0.1, 0.15) is 20.3 Å². The fourth-order valence-corrected chi connectivity index (χ4v) is 1.93. The summed E-state index contributed by atoms with van der Waals surface area (Å²) in [6.45, 7) is 3.11. The molecule has 2 N–H and O–H groups in total. The standard InChI is InChI=1S/C15H18N2O4/c1-9-7-13(9)15(20)21-8-14(19)17-12-5-3-11(4-6-12)16-10(2)18/h3-6,9,13H,7-8H2,1-2H3,(H,16,18)(H,17,19)/t9-,13-/m0/s1. The molecule has 0 aliphatic heterocycles. The van der Waals surface area contributed by atoms with Crippen molar-refractivity contribution < 1.29 is 19.1 Å². The van der Waals surface area contributed by atoms with Crippen LogP contribution < -0.4 is 10.6 Å². The Morgan fingerprint density at radius 2 is 1.67 bits per heavy atom. The number of rotatable bonds is 5. The van der Waals surface area contributed by atoms with Crippen molar-refractivity contribution in [3.8, 4) is 0 Å². The van der Waals surface area contributed by atoms with Gasteiger partial charge in [-0.1, -0.05) is 6.92 Å². The Morgan fingerprint density at radius 3 is 2.14 bits per heavy atom. The van der Waals surface area contributed by atoms with Crippen LogP contribution in [0.15, 0.2) is 24.3 Å². The van der Waals surface area contributed by atoms with Gasteiger partial charge in [0.2, 0.25) is 5.91 Å². The maximum Gasteiger partial charge on any atom is 0.309 e. The number of carbonyl (C=O) groups excluding carboxylic acids is 3.